The van der Waals surface area contributed by atoms with Crippen molar-refractivity contribution in [3.05, 3.63) is 23.9 Å². The summed E-state index contributed by atoms with van der Waals surface area (Å²) in [5.41, 5.74) is 1.17. The molecule has 0 radical (unpaired) electrons. The molecule has 0 saturated carbocycles. The van der Waals surface area contributed by atoms with Crippen LogP contribution in [0.3, 0.4) is 0 Å². The third kappa shape index (κ3) is 2.46. The standard InChI is InChI=1S/C11H17N3O/c1-15-9-10-3-2-4-13-11(10)14-7-5-12-6-8-14/h2-4,12H,5-9H2,1H3/i1-1. The van der Waals surface area contributed by atoms with Gasteiger partial charge in [0.05, 0.1) is 6.61 Å². The van der Waals surface area contributed by atoms with Crippen LogP contribution >= 0.6 is 0 Å². The highest BCUT2D eigenvalue weighted by Crippen LogP contribution is 2.17. The summed E-state index contributed by atoms with van der Waals surface area (Å²) in [6.07, 6.45) is 1.84. The summed E-state index contributed by atoms with van der Waals surface area (Å²) in [6.45, 7) is 4.74. The fourth-order valence-corrected chi connectivity index (χ4v) is 1.86. The van der Waals surface area contributed by atoms with Crippen molar-refractivity contribution in [1.29, 1.82) is 0 Å². The minimum Gasteiger partial charge on any atom is -0.380 e. The van der Waals surface area contributed by atoms with Crippen LogP contribution in [0.2, 0.25) is 0 Å². The predicted octanol–water partition coefficient (Wildman–Crippen LogP) is 0.638. The highest BCUT2D eigenvalue weighted by atomic mass is 16.4. The van der Waals surface area contributed by atoms with Crippen molar-refractivity contribution in [2.45, 2.75) is 6.61 Å². The van der Waals surface area contributed by atoms with Crippen molar-refractivity contribution in [2.24, 2.45) is 0 Å². The zero-order valence-corrected chi connectivity index (χ0v) is 9.07. The van der Waals surface area contributed by atoms with Gasteiger partial charge in [-0.2, -0.15) is 0 Å². The van der Waals surface area contributed by atoms with Crippen molar-refractivity contribution in [3.8, 4) is 0 Å². The molecule has 1 saturated heterocycles. The van der Waals surface area contributed by atoms with Crippen LogP contribution in [-0.4, -0.2) is 38.3 Å². The second-order valence-electron chi connectivity index (χ2n) is 3.66. The molecule has 4 nitrogen and oxygen atoms in total. The Labute approximate surface area is 90.3 Å². The number of piperazine rings is 1. The summed E-state index contributed by atoms with van der Waals surface area (Å²) in [5, 5.41) is 3.34. The second-order valence-corrected chi connectivity index (χ2v) is 3.66. The maximum atomic E-state index is 5.18. The van der Waals surface area contributed by atoms with Crippen molar-refractivity contribution in [2.75, 3.05) is 38.2 Å². The normalized spacial score (nSPS) is 16.7. The van der Waals surface area contributed by atoms with E-state index in [1.807, 2.05) is 12.3 Å². The van der Waals surface area contributed by atoms with Crippen molar-refractivity contribution >= 4 is 5.82 Å². The number of aromatic nitrogens is 1. The fraction of sp³-hybridized carbons (Fsp3) is 0.545. The Hall–Kier alpha value is -1.13. The number of methoxy groups -OCH3 is 1. The Kier molecular flexibility index (Phi) is 3.53. The van der Waals surface area contributed by atoms with Gasteiger partial charge in [0, 0.05) is 45.0 Å². The van der Waals surface area contributed by atoms with Gasteiger partial charge in [-0.25, -0.2) is 4.98 Å². The van der Waals surface area contributed by atoms with E-state index in [1.54, 1.807) is 7.11 Å². The average molecular weight is 206 g/mol. The molecule has 0 atom stereocenters. The van der Waals surface area contributed by atoms with Gasteiger partial charge in [-0.1, -0.05) is 6.07 Å². The lowest BCUT2D eigenvalue weighted by Crippen LogP contribution is -2.44. The predicted molar refractivity (Wildman–Crippen MR) is 60.0 cm³/mol. The highest BCUT2D eigenvalue weighted by Gasteiger charge is 2.14. The molecule has 0 spiro atoms. The first-order valence-electron chi connectivity index (χ1n) is 5.30. The Morgan fingerprint density at radius 2 is 2.27 bits per heavy atom. The second kappa shape index (κ2) is 5.09. The summed E-state index contributed by atoms with van der Waals surface area (Å²) in [4.78, 5) is 6.75. The van der Waals surface area contributed by atoms with E-state index in [0.717, 1.165) is 32.0 Å². The molecule has 0 unspecified atom stereocenters. The van der Waals surface area contributed by atoms with Crippen LogP contribution in [0.5, 0.6) is 0 Å². The smallest absolute Gasteiger partial charge is 0.134 e. The van der Waals surface area contributed by atoms with Crippen LogP contribution in [-0.2, 0) is 11.3 Å². The molecule has 1 aromatic rings. The van der Waals surface area contributed by atoms with E-state index in [1.165, 1.54) is 5.56 Å². The zero-order valence-electron chi connectivity index (χ0n) is 9.07. The SMILES string of the molecule is [11CH3]OCc1cccnc1N1CCNCC1. The summed E-state index contributed by atoms with van der Waals surface area (Å²) in [7, 11) is 1.72. The number of hydrogen-bond donors (Lipinski definition) is 1. The number of rotatable bonds is 3. The molecule has 2 heterocycles. The zero-order chi connectivity index (χ0) is 10.5. The van der Waals surface area contributed by atoms with Gasteiger partial charge in [0.15, 0.2) is 0 Å². The topological polar surface area (TPSA) is 37.4 Å². The number of pyridine rings is 1. The molecular weight excluding hydrogens is 189 g/mol. The third-order valence-corrected chi connectivity index (χ3v) is 2.58. The van der Waals surface area contributed by atoms with E-state index in [-0.39, 0.29) is 0 Å². The van der Waals surface area contributed by atoms with Crippen LogP contribution < -0.4 is 10.2 Å². The van der Waals surface area contributed by atoms with Crippen LogP contribution in [0.25, 0.3) is 0 Å². The maximum absolute atomic E-state index is 5.18. The minimum atomic E-state index is 0.632. The first kappa shape index (κ1) is 10.4. The number of nitrogens with one attached hydrogen (secondary N) is 1. The van der Waals surface area contributed by atoms with E-state index in [4.69, 9.17) is 4.74 Å². The van der Waals surface area contributed by atoms with Crippen molar-refractivity contribution < 1.29 is 4.74 Å². The third-order valence-electron chi connectivity index (χ3n) is 2.58. The van der Waals surface area contributed by atoms with Gasteiger partial charge in [-0.3, -0.25) is 0 Å². The van der Waals surface area contributed by atoms with Gasteiger partial charge < -0.3 is 15.0 Å². The molecule has 15 heavy (non-hydrogen) atoms. The number of anilines is 1. The number of nitrogens with zero attached hydrogens (tertiary/aromatic N) is 2. The summed E-state index contributed by atoms with van der Waals surface area (Å²) in [5.74, 6) is 1.07. The van der Waals surface area contributed by atoms with E-state index in [0.29, 0.717) is 6.61 Å². The van der Waals surface area contributed by atoms with Crippen molar-refractivity contribution in [3.63, 3.8) is 0 Å². The lowest BCUT2D eigenvalue weighted by atomic mass is 10.2. The maximum Gasteiger partial charge on any atom is 0.134 e. The first-order chi connectivity index (χ1) is 7.42. The Morgan fingerprint density at radius 3 is 3.00 bits per heavy atom. The average Bonchev–Trinajstić information content (AvgIpc) is 2.31. The highest BCUT2D eigenvalue weighted by molar-refractivity contribution is 5.46. The Balaban J connectivity index is 2.17. The molecule has 1 aliphatic rings. The minimum absolute atomic E-state index is 0.632. The molecule has 4 heteroatoms. The molecule has 2 rings (SSSR count). The molecule has 0 aliphatic carbocycles. The van der Waals surface area contributed by atoms with Crippen molar-refractivity contribution in [1.82, 2.24) is 10.3 Å². The van der Waals surface area contributed by atoms with Crippen LogP contribution in [0.1, 0.15) is 5.56 Å². The largest absolute Gasteiger partial charge is 0.380 e. The van der Waals surface area contributed by atoms with Gasteiger partial charge in [0.1, 0.15) is 5.82 Å². The first-order valence-corrected chi connectivity index (χ1v) is 5.30. The molecular formula is C11H17N3O. The van der Waals surface area contributed by atoms with Crippen LogP contribution in [0, 0.1) is 0 Å². The number of hydrogen-bond acceptors (Lipinski definition) is 4. The molecule has 0 amide bonds. The van der Waals surface area contributed by atoms with E-state index < -0.39 is 0 Å². The van der Waals surface area contributed by atoms with Gasteiger partial charge in [0.25, 0.3) is 0 Å². The van der Waals surface area contributed by atoms with Gasteiger partial charge >= 0.3 is 0 Å². The van der Waals surface area contributed by atoms with Gasteiger partial charge in [-0.05, 0) is 6.07 Å². The van der Waals surface area contributed by atoms with Crippen LogP contribution in [0.15, 0.2) is 18.3 Å². The van der Waals surface area contributed by atoms with Crippen LogP contribution in [0.4, 0.5) is 5.82 Å². The summed E-state index contributed by atoms with van der Waals surface area (Å²) in [6, 6.07) is 4.04. The number of ether oxygens (including phenoxy) is 1. The molecule has 1 fully saturated rings. The Morgan fingerprint density at radius 1 is 1.47 bits per heavy atom. The summed E-state index contributed by atoms with van der Waals surface area (Å²) < 4.78 is 5.18. The molecule has 82 valence electrons. The Bertz CT molecular complexity index is 310. The van der Waals surface area contributed by atoms with Gasteiger partial charge in [-0.15, -0.1) is 0 Å². The molecule has 1 N–H and O–H groups in total. The molecule has 0 aromatic carbocycles. The molecule has 1 aliphatic heterocycles. The lowest BCUT2D eigenvalue weighted by Gasteiger charge is -2.29. The monoisotopic (exact) mass is 206 g/mol. The molecule has 0 bridgehead atoms. The van der Waals surface area contributed by atoms with E-state index in [2.05, 4.69) is 21.3 Å². The van der Waals surface area contributed by atoms with Gasteiger partial charge in [0.2, 0.25) is 0 Å². The van der Waals surface area contributed by atoms with E-state index >= 15 is 0 Å². The fourth-order valence-electron chi connectivity index (χ4n) is 1.86. The van der Waals surface area contributed by atoms with E-state index in [9.17, 15) is 0 Å². The quantitative estimate of drug-likeness (QED) is 0.787. The molecule has 1 aromatic heterocycles. The lowest BCUT2D eigenvalue weighted by molar-refractivity contribution is 0.185. The summed E-state index contributed by atoms with van der Waals surface area (Å²) >= 11 is 0.